The van der Waals surface area contributed by atoms with Gasteiger partial charge < -0.3 is 10.6 Å². The van der Waals surface area contributed by atoms with Gasteiger partial charge in [0.15, 0.2) is 0 Å². The van der Waals surface area contributed by atoms with Crippen molar-refractivity contribution in [2.24, 2.45) is 5.73 Å². The zero-order valence-electron chi connectivity index (χ0n) is 11.3. The first-order valence-corrected chi connectivity index (χ1v) is 6.45. The van der Waals surface area contributed by atoms with Crippen molar-refractivity contribution >= 4 is 17.6 Å². The summed E-state index contributed by atoms with van der Waals surface area (Å²) in [6.07, 6.45) is 2.03. The van der Waals surface area contributed by atoms with Gasteiger partial charge in [-0.2, -0.15) is 0 Å². The van der Waals surface area contributed by atoms with Crippen LogP contribution in [0.25, 0.3) is 0 Å². The van der Waals surface area contributed by atoms with E-state index >= 15 is 0 Å². The molecule has 1 aliphatic rings. The number of carbonyl (C=O) groups excluding carboxylic acids is 2. The molecule has 0 spiro atoms. The number of amides is 3. The summed E-state index contributed by atoms with van der Waals surface area (Å²) in [7, 11) is 0. The maximum atomic E-state index is 11.9. The molecule has 0 bridgehead atoms. The molecule has 5 heteroatoms. The molecule has 3 N–H and O–H groups in total. The van der Waals surface area contributed by atoms with Crippen molar-refractivity contribution in [2.45, 2.75) is 32.7 Å². The fourth-order valence-corrected chi connectivity index (χ4v) is 2.52. The van der Waals surface area contributed by atoms with E-state index in [0.717, 1.165) is 25.1 Å². The molecule has 0 aliphatic carbocycles. The lowest BCUT2D eigenvalue weighted by Gasteiger charge is -2.35. The number of primary amides is 1. The van der Waals surface area contributed by atoms with E-state index in [1.54, 1.807) is 6.92 Å². The summed E-state index contributed by atoms with van der Waals surface area (Å²) in [5, 5.41) is 2.14. The number of imide groups is 1. The number of fused-ring (bicyclic) bond motifs is 1. The van der Waals surface area contributed by atoms with E-state index in [2.05, 4.69) is 18.3 Å². The van der Waals surface area contributed by atoms with Crippen molar-refractivity contribution < 1.29 is 9.59 Å². The SMILES string of the molecule is Cc1ccc2c(c1)CCCN2[C@@H](C)C(=O)NC(N)=O. The number of hydrogen-bond acceptors (Lipinski definition) is 3. The second-order valence-corrected chi connectivity index (χ2v) is 4.96. The number of anilines is 1. The Bertz CT molecular complexity index is 513. The van der Waals surface area contributed by atoms with Gasteiger partial charge in [-0.3, -0.25) is 10.1 Å². The van der Waals surface area contributed by atoms with Crippen molar-refractivity contribution in [1.82, 2.24) is 5.32 Å². The highest BCUT2D eigenvalue weighted by atomic mass is 16.2. The van der Waals surface area contributed by atoms with E-state index < -0.39 is 12.1 Å². The number of benzene rings is 1. The molecule has 2 rings (SSSR count). The number of nitrogens with two attached hydrogens (primary N) is 1. The van der Waals surface area contributed by atoms with Crippen molar-refractivity contribution in [3.8, 4) is 0 Å². The Balaban J connectivity index is 2.23. The summed E-state index contributed by atoms with van der Waals surface area (Å²) in [6, 6.07) is 5.01. The zero-order chi connectivity index (χ0) is 14.0. The zero-order valence-corrected chi connectivity index (χ0v) is 11.3. The molecule has 5 nitrogen and oxygen atoms in total. The number of aryl methyl sites for hydroxylation is 2. The van der Waals surface area contributed by atoms with Crippen LogP contribution in [0.15, 0.2) is 18.2 Å². The number of nitrogens with one attached hydrogen (secondary N) is 1. The topological polar surface area (TPSA) is 75.4 Å². The number of rotatable bonds is 2. The Kier molecular flexibility index (Phi) is 3.74. The molecule has 0 aromatic heterocycles. The molecule has 102 valence electrons. The summed E-state index contributed by atoms with van der Waals surface area (Å²) in [6.45, 7) is 4.65. The van der Waals surface area contributed by atoms with Crippen LogP contribution in [0.1, 0.15) is 24.5 Å². The molecule has 1 heterocycles. The molecule has 3 amide bonds. The fourth-order valence-electron chi connectivity index (χ4n) is 2.52. The van der Waals surface area contributed by atoms with Crippen LogP contribution in [0.5, 0.6) is 0 Å². The summed E-state index contributed by atoms with van der Waals surface area (Å²) in [4.78, 5) is 24.7. The number of hydrogen-bond donors (Lipinski definition) is 2. The molecule has 1 aliphatic heterocycles. The lowest BCUT2D eigenvalue weighted by atomic mass is 9.98. The average molecular weight is 261 g/mol. The fraction of sp³-hybridized carbons (Fsp3) is 0.429. The molecule has 1 atom stereocenters. The highest BCUT2D eigenvalue weighted by Gasteiger charge is 2.26. The molecule has 0 saturated carbocycles. The molecule has 0 radical (unpaired) electrons. The van der Waals surface area contributed by atoms with Gasteiger partial charge in [0, 0.05) is 12.2 Å². The Hall–Kier alpha value is -2.04. The number of urea groups is 1. The van der Waals surface area contributed by atoms with Crippen LogP contribution in [0.3, 0.4) is 0 Å². The van der Waals surface area contributed by atoms with Gasteiger partial charge in [0.2, 0.25) is 5.91 Å². The van der Waals surface area contributed by atoms with Crippen molar-refractivity contribution in [3.63, 3.8) is 0 Å². The Morgan fingerprint density at radius 1 is 1.42 bits per heavy atom. The normalized spacial score (nSPS) is 15.6. The Morgan fingerprint density at radius 3 is 2.84 bits per heavy atom. The van der Waals surface area contributed by atoms with Gasteiger partial charge in [-0.15, -0.1) is 0 Å². The van der Waals surface area contributed by atoms with Gasteiger partial charge in [0.1, 0.15) is 6.04 Å². The highest BCUT2D eigenvalue weighted by molar-refractivity contribution is 5.97. The largest absolute Gasteiger partial charge is 0.360 e. The predicted molar refractivity (Wildman–Crippen MR) is 74.0 cm³/mol. The second kappa shape index (κ2) is 5.30. The van der Waals surface area contributed by atoms with Crippen LogP contribution in [0.4, 0.5) is 10.5 Å². The van der Waals surface area contributed by atoms with E-state index in [-0.39, 0.29) is 5.91 Å². The standard InChI is InChI=1S/C14H19N3O2/c1-9-5-6-12-11(8-9)4-3-7-17(12)10(2)13(18)16-14(15)19/h5-6,8,10H,3-4,7H2,1-2H3,(H3,15,16,18,19)/t10-/m0/s1. The second-order valence-electron chi connectivity index (χ2n) is 4.96. The van der Waals surface area contributed by atoms with Gasteiger partial charge in [-0.1, -0.05) is 17.7 Å². The Labute approximate surface area is 112 Å². The first-order chi connectivity index (χ1) is 8.99. The lowest BCUT2D eigenvalue weighted by molar-refractivity contribution is -0.120. The van der Waals surface area contributed by atoms with Crippen LogP contribution in [-0.2, 0) is 11.2 Å². The number of nitrogens with zero attached hydrogens (tertiary/aromatic N) is 1. The van der Waals surface area contributed by atoms with Gasteiger partial charge in [0.05, 0.1) is 0 Å². The smallest absolute Gasteiger partial charge is 0.318 e. The average Bonchev–Trinajstić information content (AvgIpc) is 2.36. The van der Waals surface area contributed by atoms with Crippen molar-refractivity contribution in [3.05, 3.63) is 29.3 Å². The van der Waals surface area contributed by atoms with Crippen LogP contribution in [-0.4, -0.2) is 24.5 Å². The van der Waals surface area contributed by atoms with Crippen LogP contribution in [0, 0.1) is 6.92 Å². The van der Waals surface area contributed by atoms with E-state index in [0.29, 0.717) is 0 Å². The monoisotopic (exact) mass is 261 g/mol. The summed E-state index contributed by atoms with van der Waals surface area (Å²) < 4.78 is 0. The molecular formula is C14H19N3O2. The van der Waals surface area contributed by atoms with E-state index in [1.807, 2.05) is 17.0 Å². The van der Waals surface area contributed by atoms with E-state index in [9.17, 15) is 9.59 Å². The third-order valence-corrected chi connectivity index (χ3v) is 3.48. The minimum Gasteiger partial charge on any atom is -0.360 e. The van der Waals surface area contributed by atoms with Crippen LogP contribution in [0.2, 0.25) is 0 Å². The maximum absolute atomic E-state index is 11.9. The molecule has 1 aromatic rings. The van der Waals surface area contributed by atoms with Crippen molar-refractivity contribution in [2.75, 3.05) is 11.4 Å². The summed E-state index contributed by atoms with van der Waals surface area (Å²) >= 11 is 0. The molecule has 0 fully saturated rings. The van der Waals surface area contributed by atoms with Crippen molar-refractivity contribution in [1.29, 1.82) is 0 Å². The van der Waals surface area contributed by atoms with Crippen LogP contribution < -0.4 is 16.0 Å². The maximum Gasteiger partial charge on any atom is 0.318 e. The van der Waals surface area contributed by atoms with Gasteiger partial charge in [-0.25, -0.2) is 4.79 Å². The molecule has 19 heavy (non-hydrogen) atoms. The first-order valence-electron chi connectivity index (χ1n) is 6.45. The molecule has 1 aromatic carbocycles. The van der Waals surface area contributed by atoms with Gasteiger partial charge in [-0.05, 0) is 38.3 Å². The quantitative estimate of drug-likeness (QED) is 0.843. The third-order valence-electron chi connectivity index (χ3n) is 3.48. The third kappa shape index (κ3) is 2.86. The van der Waals surface area contributed by atoms with Crippen LogP contribution >= 0.6 is 0 Å². The van der Waals surface area contributed by atoms with E-state index in [1.165, 1.54) is 11.1 Å². The number of carbonyl (C=O) groups is 2. The minimum absolute atomic E-state index is 0.360. The van der Waals surface area contributed by atoms with Gasteiger partial charge in [0.25, 0.3) is 0 Å². The molecule has 0 saturated heterocycles. The molecule has 0 unspecified atom stereocenters. The first kappa shape index (κ1) is 13.4. The van der Waals surface area contributed by atoms with Gasteiger partial charge >= 0.3 is 6.03 Å². The summed E-state index contributed by atoms with van der Waals surface area (Å²) in [5.41, 5.74) is 8.53. The predicted octanol–water partition coefficient (Wildman–Crippen LogP) is 1.33. The Morgan fingerprint density at radius 2 is 2.16 bits per heavy atom. The summed E-state index contributed by atoms with van der Waals surface area (Å²) in [5.74, 6) is -0.360. The highest BCUT2D eigenvalue weighted by Crippen LogP contribution is 2.29. The lowest BCUT2D eigenvalue weighted by Crippen LogP contribution is -2.50. The molecular weight excluding hydrogens is 242 g/mol. The minimum atomic E-state index is -0.807. The van der Waals surface area contributed by atoms with E-state index in [4.69, 9.17) is 5.73 Å².